The molecule has 1 aliphatic heterocycles. The third-order valence-corrected chi connectivity index (χ3v) is 6.49. The van der Waals surface area contributed by atoms with E-state index >= 15 is 0 Å². The van der Waals surface area contributed by atoms with Crippen LogP contribution in [0.4, 0.5) is 25.4 Å². The number of benzene rings is 2. The number of carbonyl (C=O) groups excluding carboxylic acids is 3. The van der Waals surface area contributed by atoms with E-state index in [-0.39, 0.29) is 22.0 Å². The Morgan fingerprint density at radius 1 is 1.08 bits per heavy atom. The van der Waals surface area contributed by atoms with Crippen molar-refractivity contribution in [3.63, 3.8) is 0 Å². The highest BCUT2D eigenvalue weighted by molar-refractivity contribution is 7.92. The van der Waals surface area contributed by atoms with Crippen LogP contribution in [-0.4, -0.2) is 51.7 Å². The summed E-state index contributed by atoms with van der Waals surface area (Å²) in [6, 6.07) is 7.62. The van der Waals surface area contributed by atoms with E-state index in [0.717, 1.165) is 28.6 Å². The maximum absolute atomic E-state index is 13.5. The monoisotopic (exact) mass is 523 g/mol. The molecule has 0 fully saturated rings. The van der Waals surface area contributed by atoms with Gasteiger partial charge in [-0.2, -0.15) is 0 Å². The lowest BCUT2D eigenvalue weighted by atomic mass is 10.2. The van der Waals surface area contributed by atoms with Crippen molar-refractivity contribution in [1.29, 1.82) is 0 Å². The number of halogens is 1. The normalized spacial score (nSPS) is 15.1. The summed E-state index contributed by atoms with van der Waals surface area (Å²) in [7, 11) is -2.96. The molecule has 0 aliphatic carbocycles. The maximum Gasteiger partial charge on any atom is 0.412 e. The molecule has 1 unspecified atom stereocenters. The molecule has 4 N–H and O–H groups in total. The van der Waals surface area contributed by atoms with Gasteiger partial charge in [0.2, 0.25) is 0 Å². The van der Waals surface area contributed by atoms with Gasteiger partial charge in [0, 0.05) is 12.7 Å². The van der Waals surface area contributed by atoms with E-state index in [1.807, 2.05) is 0 Å². The van der Waals surface area contributed by atoms with Crippen molar-refractivity contribution in [2.24, 2.45) is 0 Å². The van der Waals surface area contributed by atoms with Crippen molar-refractivity contribution in [3.8, 4) is 5.75 Å². The van der Waals surface area contributed by atoms with Crippen LogP contribution in [-0.2, 0) is 19.6 Å². The lowest BCUT2D eigenvalue weighted by Gasteiger charge is -2.35. The number of nitrogens with one attached hydrogen (secondary N) is 4. The third kappa shape index (κ3) is 6.33. The minimum Gasteiger partial charge on any atom is -0.476 e. The number of rotatable bonds is 4. The summed E-state index contributed by atoms with van der Waals surface area (Å²) in [6.45, 7) is 4.58. The fourth-order valence-corrected chi connectivity index (χ4v) is 4.58. The van der Waals surface area contributed by atoms with Gasteiger partial charge < -0.3 is 14.8 Å². The van der Waals surface area contributed by atoms with Crippen LogP contribution in [0.15, 0.2) is 47.4 Å². The summed E-state index contributed by atoms with van der Waals surface area (Å²) in [6.07, 6.45) is -2.11. The molecule has 2 aromatic carbocycles. The van der Waals surface area contributed by atoms with Crippen LogP contribution in [0.25, 0.3) is 0 Å². The highest BCUT2D eigenvalue weighted by atomic mass is 32.2. The Labute approximate surface area is 207 Å². The Hall–Kier alpha value is -4.07. The molecular weight excluding hydrogens is 497 g/mol. The number of hydrogen-bond acceptors (Lipinski definition) is 7. The molecule has 36 heavy (non-hydrogen) atoms. The van der Waals surface area contributed by atoms with Crippen LogP contribution in [0, 0.1) is 5.82 Å². The Morgan fingerprint density at radius 2 is 1.75 bits per heavy atom. The van der Waals surface area contributed by atoms with Crippen molar-refractivity contribution in [1.82, 2.24) is 16.2 Å². The fourth-order valence-electron chi connectivity index (χ4n) is 3.11. The van der Waals surface area contributed by atoms with Gasteiger partial charge in [-0.25, -0.2) is 27.8 Å². The highest BCUT2D eigenvalue weighted by Gasteiger charge is 2.38. The molecule has 0 aromatic heterocycles. The molecule has 0 saturated carbocycles. The van der Waals surface area contributed by atoms with Crippen molar-refractivity contribution in [3.05, 3.63) is 48.3 Å². The minimum atomic E-state index is -4.31. The minimum absolute atomic E-state index is 0.0155. The van der Waals surface area contributed by atoms with Crippen LogP contribution in [0.3, 0.4) is 0 Å². The smallest absolute Gasteiger partial charge is 0.412 e. The van der Waals surface area contributed by atoms with Crippen LogP contribution in [0.2, 0.25) is 0 Å². The summed E-state index contributed by atoms with van der Waals surface area (Å²) in [4.78, 5) is 36.0. The van der Waals surface area contributed by atoms with Gasteiger partial charge in [0.1, 0.15) is 17.2 Å². The van der Waals surface area contributed by atoms with Gasteiger partial charge in [0.25, 0.3) is 15.9 Å². The summed E-state index contributed by atoms with van der Waals surface area (Å²) < 4.78 is 52.2. The Kier molecular flexibility index (Phi) is 7.57. The second-order valence-corrected chi connectivity index (χ2v) is 10.5. The van der Waals surface area contributed by atoms with Crippen molar-refractivity contribution in [2.75, 3.05) is 23.2 Å². The summed E-state index contributed by atoms with van der Waals surface area (Å²) in [5.74, 6) is -1.43. The Balaban J connectivity index is 1.97. The highest BCUT2D eigenvalue weighted by Crippen LogP contribution is 2.39. The molecule has 0 bridgehead atoms. The zero-order chi connectivity index (χ0) is 26.7. The zero-order valence-corrected chi connectivity index (χ0v) is 20.7. The third-order valence-electron chi connectivity index (χ3n) is 4.69. The second-order valence-electron chi connectivity index (χ2n) is 8.60. The number of amides is 4. The molecule has 0 saturated heterocycles. The van der Waals surface area contributed by atoms with E-state index in [4.69, 9.17) is 9.47 Å². The first-order valence-corrected chi connectivity index (χ1v) is 12.1. The van der Waals surface area contributed by atoms with Crippen LogP contribution < -0.4 is 30.5 Å². The van der Waals surface area contributed by atoms with E-state index in [1.165, 1.54) is 25.2 Å². The van der Waals surface area contributed by atoms with Crippen LogP contribution >= 0.6 is 0 Å². The van der Waals surface area contributed by atoms with E-state index in [0.29, 0.717) is 0 Å². The van der Waals surface area contributed by atoms with Crippen LogP contribution in [0.5, 0.6) is 5.75 Å². The first-order chi connectivity index (χ1) is 16.8. The van der Waals surface area contributed by atoms with E-state index in [2.05, 4.69) is 21.5 Å². The molecule has 1 aliphatic rings. The molecular formula is C22H26FN5O7S. The molecule has 194 valence electrons. The largest absolute Gasteiger partial charge is 0.476 e. The molecule has 14 heteroatoms. The molecule has 1 atom stereocenters. The van der Waals surface area contributed by atoms with Gasteiger partial charge in [-0.05, 0) is 63.2 Å². The number of fused-ring (bicyclic) bond motifs is 1. The number of anilines is 2. The van der Waals surface area contributed by atoms with Gasteiger partial charge in [-0.1, -0.05) is 0 Å². The lowest BCUT2D eigenvalue weighted by molar-refractivity contribution is -0.128. The van der Waals surface area contributed by atoms with Gasteiger partial charge in [0.15, 0.2) is 6.10 Å². The molecule has 0 radical (unpaired) electrons. The van der Waals surface area contributed by atoms with Gasteiger partial charge >= 0.3 is 12.1 Å². The van der Waals surface area contributed by atoms with Gasteiger partial charge in [0.05, 0.1) is 17.1 Å². The standard InChI is InChI=1S/C22H26FN5O7S/c1-22(2,3)35-21(31)25-14-7-10-17-16(11-14)28(36(32,33)15-8-5-13(23)6-9-15)12-18(34-17)19(29)26-27-20(30)24-4/h5-11,18H,12H2,1-4H3,(H,25,31)(H,26,29)(H2,24,27,30). The predicted molar refractivity (Wildman–Crippen MR) is 127 cm³/mol. The number of hydrazine groups is 1. The second kappa shape index (κ2) is 10.3. The summed E-state index contributed by atoms with van der Waals surface area (Å²) >= 11 is 0. The first-order valence-electron chi connectivity index (χ1n) is 10.7. The maximum atomic E-state index is 13.5. The average molecular weight is 524 g/mol. The number of hydrogen-bond donors (Lipinski definition) is 4. The van der Waals surface area contributed by atoms with Crippen molar-refractivity contribution >= 4 is 39.4 Å². The van der Waals surface area contributed by atoms with E-state index in [9.17, 15) is 27.2 Å². The SMILES string of the molecule is CNC(=O)NNC(=O)C1CN(S(=O)(=O)c2ccc(F)cc2)c2cc(NC(=O)OC(C)(C)C)ccc2O1. The summed E-state index contributed by atoms with van der Waals surface area (Å²) in [5.41, 5.74) is 3.70. The Morgan fingerprint density at radius 3 is 2.36 bits per heavy atom. The topological polar surface area (TPSA) is 155 Å². The van der Waals surface area contributed by atoms with E-state index < -0.39 is 52.1 Å². The van der Waals surface area contributed by atoms with Gasteiger partial charge in [-0.3, -0.25) is 19.8 Å². The molecule has 0 spiro atoms. The number of sulfonamides is 1. The Bertz CT molecular complexity index is 1260. The molecule has 12 nitrogen and oxygen atoms in total. The number of carbonyl (C=O) groups is 3. The quantitative estimate of drug-likeness (QED) is 0.447. The zero-order valence-electron chi connectivity index (χ0n) is 19.9. The molecule has 2 aromatic rings. The number of ether oxygens (including phenoxy) is 2. The molecule has 4 amide bonds. The average Bonchev–Trinajstić information content (AvgIpc) is 2.80. The molecule has 3 rings (SSSR count). The predicted octanol–water partition coefficient (Wildman–Crippen LogP) is 2.09. The molecule has 1 heterocycles. The fraction of sp³-hybridized carbons (Fsp3) is 0.318. The number of nitrogens with zero attached hydrogens (tertiary/aromatic N) is 1. The van der Waals surface area contributed by atoms with Crippen molar-refractivity contribution in [2.45, 2.75) is 37.4 Å². The van der Waals surface area contributed by atoms with Crippen LogP contribution in [0.1, 0.15) is 20.8 Å². The number of urea groups is 1. The summed E-state index contributed by atoms with van der Waals surface area (Å²) in [5, 5.41) is 4.77. The van der Waals surface area contributed by atoms with Gasteiger partial charge in [-0.15, -0.1) is 0 Å². The van der Waals surface area contributed by atoms with E-state index in [1.54, 1.807) is 20.8 Å². The van der Waals surface area contributed by atoms with Crippen molar-refractivity contribution < 1.29 is 36.7 Å². The first kappa shape index (κ1) is 26.5. The lowest BCUT2D eigenvalue weighted by Crippen LogP contribution is -2.55.